The van der Waals surface area contributed by atoms with E-state index in [9.17, 15) is 4.79 Å². The highest BCUT2D eigenvalue weighted by Gasteiger charge is 2.30. The molecule has 2 fully saturated rings. The first-order valence-electron chi connectivity index (χ1n) is 7.67. The number of ketones is 1. The molecule has 0 aromatic heterocycles. The fraction of sp³-hybridized carbons (Fsp3) is 0.588. The number of likely N-dealkylation sites (tertiary alicyclic amines) is 1. The van der Waals surface area contributed by atoms with Gasteiger partial charge in [-0.25, -0.2) is 0 Å². The third kappa shape index (κ3) is 3.21. The fourth-order valence-electron chi connectivity index (χ4n) is 3.11. The Bertz CT molecular complexity index is 482. The van der Waals surface area contributed by atoms with Crippen molar-refractivity contribution in [1.82, 2.24) is 4.90 Å². The predicted octanol–water partition coefficient (Wildman–Crippen LogP) is 3.00. The van der Waals surface area contributed by atoms with Crippen LogP contribution in [0.3, 0.4) is 0 Å². The maximum absolute atomic E-state index is 12.6. The monoisotopic (exact) mass is 273 g/mol. The molecule has 0 bridgehead atoms. The molecule has 1 aliphatic heterocycles. The Morgan fingerprint density at radius 3 is 2.95 bits per heavy atom. The van der Waals surface area contributed by atoms with Gasteiger partial charge in [0.15, 0.2) is 5.78 Å². The van der Waals surface area contributed by atoms with E-state index >= 15 is 0 Å². The van der Waals surface area contributed by atoms with Crippen LogP contribution in [0.25, 0.3) is 0 Å². The third-order valence-corrected chi connectivity index (χ3v) is 4.44. The van der Waals surface area contributed by atoms with E-state index in [1.807, 2.05) is 24.3 Å². The molecule has 20 heavy (non-hydrogen) atoms. The summed E-state index contributed by atoms with van der Waals surface area (Å²) in [4.78, 5) is 15.1. The average molecular weight is 273 g/mol. The number of hydrogen-bond donors (Lipinski definition) is 0. The summed E-state index contributed by atoms with van der Waals surface area (Å²) in [6.07, 6.45) is 4.93. The molecule has 1 aromatic rings. The number of nitrogens with zero attached hydrogens (tertiary/aromatic N) is 1. The average Bonchev–Trinajstić information content (AvgIpc) is 3.31. The SMILES string of the molecule is COc1cccc(C(=O)[C@@H]2CCCN(CC3CC3)C2)c1. The highest BCUT2D eigenvalue weighted by molar-refractivity contribution is 5.98. The van der Waals surface area contributed by atoms with E-state index in [1.54, 1.807) is 7.11 Å². The second kappa shape index (κ2) is 5.96. The summed E-state index contributed by atoms with van der Waals surface area (Å²) >= 11 is 0. The van der Waals surface area contributed by atoms with Crippen molar-refractivity contribution < 1.29 is 9.53 Å². The number of rotatable bonds is 5. The van der Waals surface area contributed by atoms with Crippen molar-refractivity contribution in [3.05, 3.63) is 29.8 Å². The molecule has 1 saturated heterocycles. The molecule has 0 spiro atoms. The van der Waals surface area contributed by atoms with Gasteiger partial charge in [0, 0.05) is 24.6 Å². The lowest BCUT2D eigenvalue weighted by Crippen LogP contribution is -2.39. The lowest BCUT2D eigenvalue weighted by molar-refractivity contribution is 0.0814. The maximum Gasteiger partial charge on any atom is 0.167 e. The van der Waals surface area contributed by atoms with Crippen molar-refractivity contribution in [3.63, 3.8) is 0 Å². The summed E-state index contributed by atoms with van der Waals surface area (Å²) in [5.41, 5.74) is 0.794. The first-order valence-corrected chi connectivity index (χ1v) is 7.67. The van der Waals surface area contributed by atoms with Gasteiger partial charge < -0.3 is 9.64 Å². The zero-order chi connectivity index (χ0) is 13.9. The zero-order valence-electron chi connectivity index (χ0n) is 12.2. The first-order chi connectivity index (χ1) is 9.76. The van der Waals surface area contributed by atoms with Gasteiger partial charge >= 0.3 is 0 Å². The summed E-state index contributed by atoms with van der Waals surface area (Å²) in [6.45, 7) is 3.30. The van der Waals surface area contributed by atoms with Crippen LogP contribution in [0.5, 0.6) is 5.75 Å². The highest BCUT2D eigenvalue weighted by Crippen LogP contribution is 2.31. The minimum absolute atomic E-state index is 0.162. The van der Waals surface area contributed by atoms with Gasteiger partial charge in [-0.05, 0) is 50.3 Å². The van der Waals surface area contributed by atoms with E-state index in [4.69, 9.17) is 4.74 Å². The summed E-state index contributed by atoms with van der Waals surface area (Å²) in [6, 6.07) is 7.56. The van der Waals surface area contributed by atoms with E-state index < -0.39 is 0 Å². The van der Waals surface area contributed by atoms with Crippen LogP contribution in [0.1, 0.15) is 36.0 Å². The molecule has 2 aliphatic rings. The number of methoxy groups -OCH3 is 1. The third-order valence-electron chi connectivity index (χ3n) is 4.44. The van der Waals surface area contributed by atoms with Gasteiger partial charge in [0.05, 0.1) is 7.11 Å². The van der Waals surface area contributed by atoms with Gasteiger partial charge in [-0.3, -0.25) is 4.79 Å². The second-order valence-electron chi connectivity index (χ2n) is 6.14. The Morgan fingerprint density at radius 2 is 2.20 bits per heavy atom. The van der Waals surface area contributed by atoms with Crippen LogP contribution < -0.4 is 4.74 Å². The summed E-state index contributed by atoms with van der Waals surface area (Å²) in [7, 11) is 1.64. The molecule has 0 unspecified atom stereocenters. The molecule has 1 aliphatic carbocycles. The minimum atomic E-state index is 0.162. The van der Waals surface area contributed by atoms with E-state index in [0.717, 1.165) is 36.6 Å². The van der Waals surface area contributed by atoms with Crippen LogP contribution in [-0.2, 0) is 0 Å². The molecule has 1 atom stereocenters. The minimum Gasteiger partial charge on any atom is -0.497 e. The van der Waals surface area contributed by atoms with Crippen molar-refractivity contribution >= 4 is 5.78 Å². The van der Waals surface area contributed by atoms with Gasteiger partial charge in [-0.2, -0.15) is 0 Å². The van der Waals surface area contributed by atoms with Crippen molar-refractivity contribution in [2.75, 3.05) is 26.7 Å². The van der Waals surface area contributed by atoms with Gasteiger partial charge in [0.1, 0.15) is 5.75 Å². The summed E-state index contributed by atoms with van der Waals surface area (Å²) in [5.74, 6) is 2.11. The van der Waals surface area contributed by atoms with E-state index in [0.29, 0.717) is 0 Å². The highest BCUT2D eigenvalue weighted by atomic mass is 16.5. The molecule has 108 valence electrons. The van der Waals surface area contributed by atoms with Crippen LogP contribution in [-0.4, -0.2) is 37.4 Å². The Hall–Kier alpha value is -1.35. The fourth-order valence-corrected chi connectivity index (χ4v) is 3.11. The van der Waals surface area contributed by atoms with Crippen molar-refractivity contribution in [3.8, 4) is 5.75 Å². The molecule has 0 N–H and O–H groups in total. The van der Waals surface area contributed by atoms with Crippen LogP contribution >= 0.6 is 0 Å². The molecule has 0 amide bonds. The van der Waals surface area contributed by atoms with E-state index in [2.05, 4.69) is 4.90 Å². The molecular formula is C17H23NO2. The number of Topliss-reactive ketones (excluding diaryl/α,β-unsaturated/α-hetero) is 1. The topological polar surface area (TPSA) is 29.5 Å². The Kier molecular flexibility index (Phi) is 4.06. The molecule has 1 heterocycles. The molecule has 3 rings (SSSR count). The van der Waals surface area contributed by atoms with Crippen LogP contribution in [0.4, 0.5) is 0 Å². The molecule has 1 saturated carbocycles. The maximum atomic E-state index is 12.6. The Labute approximate surface area is 120 Å². The summed E-state index contributed by atoms with van der Waals surface area (Å²) in [5, 5.41) is 0. The van der Waals surface area contributed by atoms with E-state index in [-0.39, 0.29) is 11.7 Å². The van der Waals surface area contributed by atoms with E-state index in [1.165, 1.54) is 25.9 Å². The number of carbonyl (C=O) groups is 1. The Balaban J connectivity index is 1.65. The number of benzene rings is 1. The Morgan fingerprint density at radius 1 is 1.35 bits per heavy atom. The molecular weight excluding hydrogens is 250 g/mol. The zero-order valence-corrected chi connectivity index (χ0v) is 12.2. The van der Waals surface area contributed by atoms with Crippen LogP contribution in [0.2, 0.25) is 0 Å². The van der Waals surface area contributed by atoms with Crippen LogP contribution in [0.15, 0.2) is 24.3 Å². The largest absolute Gasteiger partial charge is 0.497 e. The van der Waals surface area contributed by atoms with Crippen LogP contribution in [0, 0.1) is 11.8 Å². The van der Waals surface area contributed by atoms with Crippen molar-refractivity contribution in [2.24, 2.45) is 11.8 Å². The standard InChI is InChI=1S/C17H23NO2/c1-20-16-6-2-4-14(10-16)17(19)15-5-3-9-18(12-15)11-13-7-8-13/h2,4,6,10,13,15H,3,5,7-9,11-12H2,1H3/t15-/m1/s1. The lowest BCUT2D eigenvalue weighted by Gasteiger charge is -2.32. The quantitative estimate of drug-likeness (QED) is 0.772. The molecule has 3 nitrogen and oxygen atoms in total. The normalized spacial score (nSPS) is 23.6. The van der Waals surface area contributed by atoms with Crippen molar-refractivity contribution in [1.29, 1.82) is 0 Å². The smallest absolute Gasteiger partial charge is 0.167 e. The number of carbonyl (C=O) groups excluding carboxylic acids is 1. The van der Waals surface area contributed by atoms with Gasteiger partial charge in [-0.1, -0.05) is 12.1 Å². The predicted molar refractivity (Wildman–Crippen MR) is 79.2 cm³/mol. The molecule has 1 aromatic carbocycles. The summed E-state index contributed by atoms with van der Waals surface area (Å²) < 4.78 is 5.21. The number of piperidine rings is 1. The molecule has 3 heteroatoms. The lowest BCUT2D eigenvalue weighted by atomic mass is 9.90. The number of hydrogen-bond acceptors (Lipinski definition) is 3. The van der Waals surface area contributed by atoms with Gasteiger partial charge in [-0.15, -0.1) is 0 Å². The molecule has 0 radical (unpaired) electrons. The second-order valence-corrected chi connectivity index (χ2v) is 6.14. The van der Waals surface area contributed by atoms with Gasteiger partial charge in [0.2, 0.25) is 0 Å². The van der Waals surface area contributed by atoms with Gasteiger partial charge in [0.25, 0.3) is 0 Å². The number of ether oxygens (including phenoxy) is 1. The first kappa shape index (κ1) is 13.6. The van der Waals surface area contributed by atoms with Crippen molar-refractivity contribution in [2.45, 2.75) is 25.7 Å².